The molecule has 1 fully saturated rings. The van der Waals surface area contributed by atoms with Gasteiger partial charge in [0.05, 0.1) is 19.8 Å². The van der Waals surface area contributed by atoms with Crippen LogP contribution in [0.15, 0.2) is 24.3 Å². The molecule has 4 heteroatoms. The van der Waals surface area contributed by atoms with Crippen LogP contribution in [0.25, 0.3) is 0 Å². The van der Waals surface area contributed by atoms with Gasteiger partial charge in [0.15, 0.2) is 0 Å². The molecule has 0 saturated carbocycles. The van der Waals surface area contributed by atoms with Crippen molar-refractivity contribution in [2.75, 3.05) is 38.2 Å². The molecule has 0 unspecified atom stereocenters. The maximum Gasteiger partial charge on any atom is 0.242 e. The summed E-state index contributed by atoms with van der Waals surface area (Å²) in [5.41, 5.74) is 2.30. The van der Waals surface area contributed by atoms with E-state index in [9.17, 15) is 4.79 Å². The molecule has 104 valence electrons. The Morgan fingerprint density at radius 2 is 2.00 bits per heavy atom. The molecule has 1 aromatic carbocycles. The van der Waals surface area contributed by atoms with Gasteiger partial charge in [-0.15, -0.1) is 0 Å². The van der Waals surface area contributed by atoms with Gasteiger partial charge in [0.2, 0.25) is 5.91 Å². The van der Waals surface area contributed by atoms with E-state index >= 15 is 0 Å². The second kappa shape index (κ2) is 6.57. The lowest BCUT2D eigenvalue weighted by Crippen LogP contribution is -2.43. The topological polar surface area (TPSA) is 41.6 Å². The van der Waals surface area contributed by atoms with Crippen LogP contribution in [-0.4, -0.2) is 43.7 Å². The zero-order chi connectivity index (χ0) is 13.7. The van der Waals surface area contributed by atoms with Gasteiger partial charge in [0.25, 0.3) is 0 Å². The van der Waals surface area contributed by atoms with Crippen LogP contribution in [0.2, 0.25) is 0 Å². The van der Waals surface area contributed by atoms with Crippen LogP contribution in [0.3, 0.4) is 0 Å². The number of nitrogens with one attached hydrogen (secondary N) is 1. The predicted octanol–water partition coefficient (Wildman–Crippen LogP) is 2.08. The Balaban J connectivity index is 1.93. The van der Waals surface area contributed by atoms with Crippen LogP contribution in [0.4, 0.5) is 5.69 Å². The quantitative estimate of drug-likeness (QED) is 0.903. The highest BCUT2D eigenvalue weighted by Crippen LogP contribution is 2.23. The molecule has 1 aromatic rings. The number of amides is 1. The van der Waals surface area contributed by atoms with E-state index in [-0.39, 0.29) is 5.91 Å². The standard InChI is InChI=1S/C15H22N2O2/c1-12(2)13-5-3-4-6-14(13)16-11-15(18)17-7-9-19-10-8-17/h3-6,12,16H,7-11H2,1-2H3. The smallest absolute Gasteiger partial charge is 0.242 e. The third-order valence-electron chi connectivity index (χ3n) is 3.38. The number of rotatable bonds is 4. The van der Waals surface area contributed by atoms with Gasteiger partial charge in [-0.05, 0) is 17.5 Å². The Morgan fingerprint density at radius 3 is 2.68 bits per heavy atom. The molecule has 19 heavy (non-hydrogen) atoms. The zero-order valence-electron chi connectivity index (χ0n) is 11.7. The van der Waals surface area contributed by atoms with Crippen molar-refractivity contribution in [1.29, 1.82) is 0 Å². The summed E-state index contributed by atoms with van der Waals surface area (Å²) < 4.78 is 5.25. The van der Waals surface area contributed by atoms with E-state index in [1.165, 1.54) is 5.56 Å². The van der Waals surface area contributed by atoms with Crippen molar-refractivity contribution in [2.45, 2.75) is 19.8 Å². The predicted molar refractivity (Wildman–Crippen MR) is 76.4 cm³/mol. The van der Waals surface area contributed by atoms with Crippen LogP contribution in [0.5, 0.6) is 0 Å². The van der Waals surface area contributed by atoms with Crippen molar-refractivity contribution >= 4 is 11.6 Å². The maximum atomic E-state index is 12.1. The Hall–Kier alpha value is -1.55. The minimum absolute atomic E-state index is 0.141. The van der Waals surface area contributed by atoms with E-state index in [4.69, 9.17) is 4.74 Å². The van der Waals surface area contributed by atoms with E-state index in [0.29, 0.717) is 38.8 Å². The summed E-state index contributed by atoms with van der Waals surface area (Å²) in [7, 11) is 0. The number of morpholine rings is 1. The first-order valence-electron chi connectivity index (χ1n) is 6.87. The molecule has 4 nitrogen and oxygen atoms in total. The number of nitrogens with zero attached hydrogens (tertiary/aromatic N) is 1. The molecule has 1 aliphatic rings. The SMILES string of the molecule is CC(C)c1ccccc1NCC(=O)N1CCOCC1. The molecule has 1 saturated heterocycles. The Labute approximate surface area is 114 Å². The molecule has 0 aromatic heterocycles. The first-order chi connectivity index (χ1) is 9.18. The fourth-order valence-electron chi connectivity index (χ4n) is 2.26. The number of carbonyl (C=O) groups excluding carboxylic acids is 1. The Kier molecular flexibility index (Phi) is 4.80. The molecule has 1 N–H and O–H groups in total. The van der Waals surface area contributed by atoms with Crippen LogP contribution in [-0.2, 0) is 9.53 Å². The monoisotopic (exact) mass is 262 g/mol. The average molecular weight is 262 g/mol. The highest BCUT2D eigenvalue weighted by molar-refractivity contribution is 5.81. The van der Waals surface area contributed by atoms with Gasteiger partial charge in [-0.3, -0.25) is 4.79 Å². The van der Waals surface area contributed by atoms with Crippen LogP contribution in [0, 0.1) is 0 Å². The molecule has 0 bridgehead atoms. The molecule has 0 atom stereocenters. The molecule has 0 spiro atoms. The molecule has 1 aliphatic heterocycles. The number of hydrogen-bond donors (Lipinski definition) is 1. The van der Waals surface area contributed by atoms with Crippen molar-refractivity contribution in [3.05, 3.63) is 29.8 Å². The Bertz CT molecular complexity index is 426. The molecule has 2 rings (SSSR count). The zero-order valence-corrected chi connectivity index (χ0v) is 11.7. The summed E-state index contributed by atoms with van der Waals surface area (Å²) in [4.78, 5) is 13.9. The summed E-state index contributed by atoms with van der Waals surface area (Å²) >= 11 is 0. The molecule has 0 aliphatic carbocycles. The van der Waals surface area contributed by atoms with Gasteiger partial charge in [0, 0.05) is 18.8 Å². The summed E-state index contributed by atoms with van der Waals surface area (Å²) in [5.74, 6) is 0.587. The van der Waals surface area contributed by atoms with Crippen molar-refractivity contribution in [3.8, 4) is 0 Å². The van der Waals surface area contributed by atoms with E-state index in [1.807, 2.05) is 23.1 Å². The highest BCUT2D eigenvalue weighted by atomic mass is 16.5. The second-order valence-electron chi connectivity index (χ2n) is 5.09. The number of carbonyl (C=O) groups is 1. The van der Waals surface area contributed by atoms with Gasteiger partial charge in [-0.1, -0.05) is 32.0 Å². The van der Waals surface area contributed by atoms with E-state index in [0.717, 1.165) is 5.69 Å². The van der Waals surface area contributed by atoms with Crippen molar-refractivity contribution < 1.29 is 9.53 Å². The average Bonchev–Trinajstić information content (AvgIpc) is 2.46. The molecule has 1 heterocycles. The van der Waals surface area contributed by atoms with Gasteiger partial charge in [-0.2, -0.15) is 0 Å². The van der Waals surface area contributed by atoms with Crippen LogP contribution >= 0.6 is 0 Å². The van der Waals surface area contributed by atoms with E-state index in [2.05, 4.69) is 25.2 Å². The van der Waals surface area contributed by atoms with Crippen LogP contribution in [0.1, 0.15) is 25.3 Å². The highest BCUT2D eigenvalue weighted by Gasteiger charge is 2.16. The number of para-hydroxylation sites is 1. The molecular formula is C15H22N2O2. The van der Waals surface area contributed by atoms with E-state index < -0.39 is 0 Å². The second-order valence-corrected chi connectivity index (χ2v) is 5.09. The minimum Gasteiger partial charge on any atom is -0.378 e. The van der Waals surface area contributed by atoms with Gasteiger partial charge in [0.1, 0.15) is 0 Å². The third kappa shape index (κ3) is 3.70. The van der Waals surface area contributed by atoms with Gasteiger partial charge < -0.3 is 15.0 Å². The first-order valence-corrected chi connectivity index (χ1v) is 6.87. The normalized spacial score (nSPS) is 15.6. The van der Waals surface area contributed by atoms with E-state index in [1.54, 1.807) is 0 Å². The summed E-state index contributed by atoms with van der Waals surface area (Å²) in [5, 5.41) is 3.26. The summed E-state index contributed by atoms with van der Waals surface area (Å²) in [6, 6.07) is 8.16. The van der Waals surface area contributed by atoms with Crippen molar-refractivity contribution in [2.24, 2.45) is 0 Å². The molecule has 1 amide bonds. The van der Waals surface area contributed by atoms with Gasteiger partial charge >= 0.3 is 0 Å². The Morgan fingerprint density at radius 1 is 1.32 bits per heavy atom. The molecule has 0 radical (unpaired) electrons. The van der Waals surface area contributed by atoms with Crippen LogP contribution < -0.4 is 5.32 Å². The number of hydrogen-bond acceptors (Lipinski definition) is 3. The minimum atomic E-state index is 0.141. The van der Waals surface area contributed by atoms with Crippen molar-refractivity contribution in [3.63, 3.8) is 0 Å². The molecular weight excluding hydrogens is 240 g/mol. The fourth-order valence-corrected chi connectivity index (χ4v) is 2.26. The maximum absolute atomic E-state index is 12.1. The lowest BCUT2D eigenvalue weighted by molar-refractivity contribution is -0.133. The number of anilines is 1. The van der Waals surface area contributed by atoms with Crippen molar-refractivity contribution in [1.82, 2.24) is 4.90 Å². The lowest BCUT2D eigenvalue weighted by Gasteiger charge is -2.27. The number of ether oxygens (including phenoxy) is 1. The third-order valence-corrected chi connectivity index (χ3v) is 3.38. The first kappa shape index (κ1) is 13.9. The summed E-state index contributed by atoms with van der Waals surface area (Å²) in [6.45, 7) is 7.36. The lowest BCUT2D eigenvalue weighted by atomic mass is 10.0. The summed E-state index contributed by atoms with van der Waals surface area (Å²) in [6.07, 6.45) is 0. The fraction of sp³-hybridized carbons (Fsp3) is 0.533. The number of benzene rings is 1. The van der Waals surface area contributed by atoms with Gasteiger partial charge in [-0.25, -0.2) is 0 Å². The largest absolute Gasteiger partial charge is 0.378 e.